The molecule has 3 rings (SSSR count). The second-order valence-corrected chi connectivity index (χ2v) is 8.79. The third kappa shape index (κ3) is 4.73. The first-order valence-electron chi connectivity index (χ1n) is 11.1. The second-order valence-electron chi connectivity index (χ2n) is 8.79. The highest BCUT2D eigenvalue weighted by molar-refractivity contribution is 6.04. The van der Waals surface area contributed by atoms with E-state index >= 15 is 0 Å². The van der Waals surface area contributed by atoms with Crippen molar-refractivity contribution in [3.05, 3.63) is 35.9 Å². The molecule has 0 aliphatic carbocycles. The summed E-state index contributed by atoms with van der Waals surface area (Å²) in [5.74, 6) is -0.334. The summed E-state index contributed by atoms with van der Waals surface area (Å²) in [5, 5.41) is 5.35. The van der Waals surface area contributed by atoms with Crippen LogP contribution in [0.15, 0.2) is 30.3 Å². The molecular weight excluding hydrogens is 396 g/mol. The van der Waals surface area contributed by atoms with Crippen LogP contribution in [0.1, 0.15) is 56.8 Å². The highest BCUT2D eigenvalue weighted by atomic mass is 16.2. The Morgan fingerprint density at radius 3 is 2.39 bits per heavy atom. The first kappa shape index (κ1) is 22.8. The molecular formula is C23H32N4O4. The average Bonchev–Trinajstić information content (AvgIpc) is 2.76. The maximum atomic E-state index is 13.2. The maximum Gasteiger partial charge on any atom is 0.324 e. The fourth-order valence-electron chi connectivity index (χ4n) is 4.47. The van der Waals surface area contributed by atoms with Gasteiger partial charge in [-0.1, -0.05) is 39.0 Å². The predicted octanol–water partition coefficient (Wildman–Crippen LogP) is 2.15. The predicted molar refractivity (Wildman–Crippen MR) is 116 cm³/mol. The number of nitrogens with one attached hydrogen (secondary N) is 2. The van der Waals surface area contributed by atoms with Gasteiger partial charge in [-0.3, -0.25) is 19.7 Å². The van der Waals surface area contributed by atoms with E-state index in [9.17, 15) is 19.2 Å². The molecule has 5 amide bonds. The van der Waals surface area contributed by atoms with Gasteiger partial charge >= 0.3 is 6.03 Å². The van der Waals surface area contributed by atoms with E-state index in [-0.39, 0.29) is 11.8 Å². The molecule has 31 heavy (non-hydrogen) atoms. The molecule has 0 saturated carbocycles. The van der Waals surface area contributed by atoms with Gasteiger partial charge in [0.05, 0.1) is 0 Å². The van der Waals surface area contributed by atoms with Crippen molar-refractivity contribution in [1.29, 1.82) is 0 Å². The molecule has 1 unspecified atom stereocenters. The number of imide groups is 1. The monoisotopic (exact) mass is 428 g/mol. The molecule has 0 radical (unpaired) electrons. The molecule has 2 saturated heterocycles. The Morgan fingerprint density at radius 1 is 1.16 bits per heavy atom. The molecule has 1 aromatic rings. The van der Waals surface area contributed by atoms with Crippen molar-refractivity contribution in [1.82, 2.24) is 20.4 Å². The Hall–Kier alpha value is -2.90. The van der Waals surface area contributed by atoms with Crippen LogP contribution in [0.2, 0.25) is 0 Å². The summed E-state index contributed by atoms with van der Waals surface area (Å²) in [6, 6.07) is 7.58. The van der Waals surface area contributed by atoms with E-state index in [0.717, 1.165) is 6.42 Å². The topological polar surface area (TPSA) is 98.8 Å². The number of piperidine rings is 1. The van der Waals surface area contributed by atoms with Crippen LogP contribution < -0.4 is 10.6 Å². The third-order valence-electron chi connectivity index (χ3n) is 6.10. The first-order valence-corrected chi connectivity index (χ1v) is 11.1. The smallest absolute Gasteiger partial charge is 0.324 e. The minimum atomic E-state index is -0.930. The van der Waals surface area contributed by atoms with Gasteiger partial charge < -0.3 is 15.1 Å². The van der Waals surface area contributed by atoms with E-state index in [4.69, 9.17) is 0 Å². The number of benzene rings is 1. The van der Waals surface area contributed by atoms with Gasteiger partial charge in [0.2, 0.25) is 11.8 Å². The molecule has 0 aromatic heterocycles. The van der Waals surface area contributed by atoms with Crippen LogP contribution in [0.3, 0.4) is 0 Å². The highest BCUT2D eigenvalue weighted by Gasteiger charge is 2.53. The SMILES string of the molecule is CCCN1C(=O)C(CC(C)C)NC(=O)C12CCN(C(=O)NC(=O)c1ccccc1)CC2. The molecule has 2 heterocycles. The van der Waals surface area contributed by atoms with Gasteiger partial charge in [-0.15, -0.1) is 0 Å². The largest absolute Gasteiger partial charge is 0.342 e. The summed E-state index contributed by atoms with van der Waals surface area (Å²) in [7, 11) is 0. The quantitative estimate of drug-likeness (QED) is 0.751. The summed E-state index contributed by atoms with van der Waals surface area (Å²) in [6.45, 7) is 7.15. The van der Waals surface area contributed by atoms with Crippen molar-refractivity contribution >= 4 is 23.8 Å². The molecule has 2 aliphatic heterocycles. The Kier molecular flexibility index (Phi) is 6.97. The highest BCUT2D eigenvalue weighted by Crippen LogP contribution is 2.34. The fraction of sp³-hybridized carbons (Fsp3) is 0.565. The van der Waals surface area contributed by atoms with Gasteiger partial charge in [0, 0.05) is 25.2 Å². The van der Waals surface area contributed by atoms with Gasteiger partial charge in [-0.05, 0) is 43.7 Å². The van der Waals surface area contributed by atoms with Crippen molar-refractivity contribution in [2.24, 2.45) is 5.92 Å². The zero-order chi connectivity index (χ0) is 22.6. The first-order chi connectivity index (χ1) is 14.8. The zero-order valence-corrected chi connectivity index (χ0v) is 18.5. The summed E-state index contributed by atoms with van der Waals surface area (Å²) in [4.78, 5) is 54.5. The number of carbonyl (C=O) groups excluding carboxylic acids is 4. The van der Waals surface area contributed by atoms with Crippen molar-refractivity contribution in [2.75, 3.05) is 19.6 Å². The molecule has 1 aromatic carbocycles. The number of rotatable bonds is 5. The molecule has 2 aliphatic rings. The lowest BCUT2D eigenvalue weighted by Gasteiger charge is -2.51. The van der Waals surface area contributed by atoms with E-state index in [1.54, 1.807) is 35.2 Å². The summed E-state index contributed by atoms with van der Waals surface area (Å²) in [6.07, 6.45) is 2.07. The lowest BCUT2D eigenvalue weighted by Crippen LogP contribution is -2.73. The van der Waals surface area contributed by atoms with Crippen LogP contribution in [0.25, 0.3) is 0 Å². The molecule has 1 spiro atoms. The van der Waals surface area contributed by atoms with E-state index in [1.807, 2.05) is 20.8 Å². The minimum Gasteiger partial charge on any atom is -0.342 e. The van der Waals surface area contributed by atoms with Crippen LogP contribution in [0.4, 0.5) is 4.79 Å². The normalized spacial score (nSPS) is 20.7. The van der Waals surface area contributed by atoms with Crippen molar-refractivity contribution in [3.8, 4) is 0 Å². The van der Waals surface area contributed by atoms with Crippen LogP contribution in [0, 0.1) is 5.92 Å². The maximum absolute atomic E-state index is 13.2. The van der Waals surface area contributed by atoms with Crippen molar-refractivity contribution < 1.29 is 19.2 Å². The Balaban J connectivity index is 1.68. The number of piperazine rings is 1. The molecule has 8 nitrogen and oxygen atoms in total. The Bertz CT molecular complexity index is 831. The van der Waals surface area contributed by atoms with E-state index < -0.39 is 23.5 Å². The van der Waals surface area contributed by atoms with Crippen LogP contribution in [0.5, 0.6) is 0 Å². The second kappa shape index (κ2) is 9.49. The van der Waals surface area contributed by atoms with Gasteiger partial charge in [0.1, 0.15) is 11.6 Å². The van der Waals surface area contributed by atoms with Gasteiger partial charge in [-0.25, -0.2) is 4.79 Å². The number of amides is 5. The average molecular weight is 429 g/mol. The van der Waals surface area contributed by atoms with Crippen molar-refractivity contribution in [2.45, 2.75) is 58.0 Å². The van der Waals surface area contributed by atoms with Crippen LogP contribution >= 0.6 is 0 Å². The Morgan fingerprint density at radius 2 is 1.81 bits per heavy atom. The van der Waals surface area contributed by atoms with E-state index in [1.165, 1.54) is 4.90 Å². The minimum absolute atomic E-state index is 0.0349. The molecule has 8 heteroatoms. The number of urea groups is 1. The lowest BCUT2D eigenvalue weighted by molar-refractivity contribution is -0.161. The van der Waals surface area contributed by atoms with Gasteiger partial charge in [0.25, 0.3) is 5.91 Å². The van der Waals surface area contributed by atoms with E-state index in [0.29, 0.717) is 50.4 Å². The zero-order valence-electron chi connectivity index (χ0n) is 18.5. The number of hydrogen-bond acceptors (Lipinski definition) is 4. The summed E-state index contributed by atoms with van der Waals surface area (Å²) < 4.78 is 0. The molecule has 2 fully saturated rings. The van der Waals surface area contributed by atoms with Crippen molar-refractivity contribution in [3.63, 3.8) is 0 Å². The van der Waals surface area contributed by atoms with E-state index in [2.05, 4.69) is 10.6 Å². The number of carbonyl (C=O) groups is 4. The fourth-order valence-corrected chi connectivity index (χ4v) is 4.47. The third-order valence-corrected chi connectivity index (χ3v) is 6.10. The number of hydrogen-bond donors (Lipinski definition) is 2. The van der Waals surface area contributed by atoms with Crippen LogP contribution in [-0.2, 0) is 9.59 Å². The standard InChI is InChI=1S/C23H32N4O4/c1-4-12-27-20(29)18(15-16(2)3)24-21(30)23(27)10-13-26(14-11-23)22(31)25-19(28)17-8-6-5-7-9-17/h5-9,16,18H,4,10-15H2,1-3H3,(H,24,30)(H,25,28,31). The molecule has 2 N–H and O–H groups in total. The molecule has 1 atom stereocenters. The molecule has 168 valence electrons. The number of nitrogens with zero attached hydrogens (tertiary/aromatic N) is 2. The summed E-state index contributed by atoms with van der Waals surface area (Å²) >= 11 is 0. The van der Waals surface area contributed by atoms with Gasteiger partial charge in [-0.2, -0.15) is 0 Å². The lowest BCUT2D eigenvalue weighted by atomic mass is 9.81. The number of likely N-dealkylation sites (tertiary alicyclic amines) is 1. The Labute approximate surface area is 183 Å². The van der Waals surface area contributed by atoms with Gasteiger partial charge in [0.15, 0.2) is 0 Å². The molecule has 0 bridgehead atoms. The van der Waals surface area contributed by atoms with Crippen LogP contribution in [-0.4, -0.2) is 64.8 Å². The summed E-state index contributed by atoms with van der Waals surface area (Å²) in [5.41, 5.74) is -0.521.